The zero-order valence-corrected chi connectivity index (χ0v) is 14.5. The molecule has 0 aromatic rings. The number of ether oxygens (including phenoxy) is 1. The molecule has 0 unspecified atom stereocenters. The van der Waals surface area contributed by atoms with Crippen LogP contribution in [0.1, 0.15) is 41.0 Å². The highest BCUT2D eigenvalue weighted by molar-refractivity contribution is 6.74. The third-order valence-electron chi connectivity index (χ3n) is 3.43. The second-order valence-corrected chi connectivity index (χ2v) is 11.1. The standard InChI is InChI=1S/C15H29FO2Si/c1-9-10-14(13(3)16)17-11-12(2)18-19(7,8)15(4,5)6/h10,12H,3,9,11H2,1-2,4-8H3/b14-10+/t12-/m0/s1. The Hall–Kier alpha value is -0.613. The molecule has 0 spiro atoms. The molecule has 0 heterocycles. The molecule has 19 heavy (non-hydrogen) atoms. The van der Waals surface area contributed by atoms with Gasteiger partial charge < -0.3 is 9.16 Å². The maximum absolute atomic E-state index is 13.1. The number of rotatable bonds is 7. The highest BCUT2D eigenvalue weighted by Crippen LogP contribution is 2.37. The van der Waals surface area contributed by atoms with Crippen molar-refractivity contribution in [1.82, 2.24) is 0 Å². The van der Waals surface area contributed by atoms with Crippen molar-refractivity contribution in [2.45, 2.75) is 65.3 Å². The molecule has 0 aromatic carbocycles. The summed E-state index contributed by atoms with van der Waals surface area (Å²) in [6.07, 6.45) is 2.36. The molecule has 0 N–H and O–H groups in total. The Balaban J connectivity index is 4.45. The van der Waals surface area contributed by atoms with E-state index in [1.165, 1.54) is 0 Å². The van der Waals surface area contributed by atoms with Gasteiger partial charge in [0.05, 0.1) is 6.10 Å². The van der Waals surface area contributed by atoms with Crippen molar-refractivity contribution in [3.05, 3.63) is 24.2 Å². The van der Waals surface area contributed by atoms with Crippen LogP contribution in [0.3, 0.4) is 0 Å². The average Bonchev–Trinajstić information content (AvgIpc) is 2.21. The van der Waals surface area contributed by atoms with Crippen LogP contribution in [-0.4, -0.2) is 21.0 Å². The van der Waals surface area contributed by atoms with Crippen LogP contribution in [0.5, 0.6) is 0 Å². The first-order valence-electron chi connectivity index (χ1n) is 6.86. The molecule has 0 radical (unpaired) electrons. The SMILES string of the molecule is C=C(F)/C(=C\CC)OC[C@H](C)O[Si](C)(C)C(C)(C)C. The van der Waals surface area contributed by atoms with Gasteiger partial charge in [-0.3, -0.25) is 0 Å². The highest BCUT2D eigenvalue weighted by atomic mass is 28.4. The van der Waals surface area contributed by atoms with E-state index in [1.807, 2.05) is 13.8 Å². The predicted molar refractivity (Wildman–Crippen MR) is 82.3 cm³/mol. The van der Waals surface area contributed by atoms with Crippen molar-refractivity contribution in [2.24, 2.45) is 0 Å². The van der Waals surface area contributed by atoms with Crippen molar-refractivity contribution >= 4 is 8.32 Å². The Bertz CT molecular complexity index is 330. The number of hydrogen-bond donors (Lipinski definition) is 0. The third-order valence-corrected chi connectivity index (χ3v) is 8.04. The fourth-order valence-corrected chi connectivity index (χ4v) is 2.78. The molecule has 1 atom stereocenters. The normalized spacial score (nSPS) is 15.3. The van der Waals surface area contributed by atoms with Crippen LogP contribution in [-0.2, 0) is 9.16 Å². The summed E-state index contributed by atoms with van der Waals surface area (Å²) in [6.45, 7) is 18.5. The molecule has 0 fully saturated rings. The van der Waals surface area contributed by atoms with E-state index in [0.717, 1.165) is 6.42 Å². The number of hydrogen-bond acceptors (Lipinski definition) is 2. The number of allylic oxidation sites excluding steroid dienone is 2. The van der Waals surface area contributed by atoms with Crippen molar-refractivity contribution in [1.29, 1.82) is 0 Å². The predicted octanol–water partition coefficient (Wildman–Crippen LogP) is 5.19. The van der Waals surface area contributed by atoms with E-state index in [9.17, 15) is 4.39 Å². The molecule has 4 heteroatoms. The third kappa shape index (κ3) is 6.39. The minimum absolute atomic E-state index is 0.0551. The first-order chi connectivity index (χ1) is 8.51. The fraction of sp³-hybridized carbons (Fsp3) is 0.733. The average molecular weight is 288 g/mol. The van der Waals surface area contributed by atoms with Gasteiger partial charge in [-0.15, -0.1) is 0 Å². The molecule has 0 amide bonds. The van der Waals surface area contributed by atoms with Crippen LogP contribution in [0.25, 0.3) is 0 Å². The molecular weight excluding hydrogens is 259 g/mol. The minimum Gasteiger partial charge on any atom is -0.488 e. The van der Waals surface area contributed by atoms with E-state index in [0.29, 0.717) is 6.61 Å². The van der Waals surface area contributed by atoms with Gasteiger partial charge >= 0.3 is 0 Å². The van der Waals surface area contributed by atoms with Crippen LogP contribution in [0.4, 0.5) is 4.39 Å². The highest BCUT2D eigenvalue weighted by Gasteiger charge is 2.38. The number of halogens is 1. The van der Waals surface area contributed by atoms with Crippen LogP contribution in [0.2, 0.25) is 18.1 Å². The van der Waals surface area contributed by atoms with Crippen molar-refractivity contribution in [2.75, 3.05) is 6.61 Å². The van der Waals surface area contributed by atoms with E-state index in [2.05, 4.69) is 40.4 Å². The van der Waals surface area contributed by atoms with Crippen LogP contribution in [0.15, 0.2) is 24.2 Å². The second kappa shape index (κ2) is 7.24. The maximum Gasteiger partial charge on any atom is 0.192 e. The summed E-state index contributed by atoms with van der Waals surface area (Å²) in [4.78, 5) is 0. The van der Waals surface area contributed by atoms with E-state index >= 15 is 0 Å². The van der Waals surface area contributed by atoms with Crippen LogP contribution >= 0.6 is 0 Å². The molecule has 0 aromatic heterocycles. The zero-order valence-electron chi connectivity index (χ0n) is 13.5. The molecule has 0 aliphatic rings. The van der Waals surface area contributed by atoms with Gasteiger partial charge in [0.2, 0.25) is 0 Å². The Morgan fingerprint density at radius 1 is 1.37 bits per heavy atom. The van der Waals surface area contributed by atoms with Gasteiger partial charge in [-0.25, -0.2) is 4.39 Å². The Kier molecular flexibility index (Phi) is 7.01. The van der Waals surface area contributed by atoms with Gasteiger partial charge in [-0.05, 0) is 37.6 Å². The molecule has 0 rings (SSSR count). The first-order valence-corrected chi connectivity index (χ1v) is 9.77. The monoisotopic (exact) mass is 288 g/mol. The summed E-state index contributed by atoms with van der Waals surface area (Å²) in [7, 11) is -1.80. The van der Waals surface area contributed by atoms with E-state index in [1.54, 1.807) is 6.08 Å². The maximum atomic E-state index is 13.1. The summed E-state index contributed by atoms with van der Waals surface area (Å²) in [5.41, 5.74) is 0. The Morgan fingerprint density at radius 2 is 1.89 bits per heavy atom. The van der Waals surface area contributed by atoms with E-state index in [4.69, 9.17) is 9.16 Å². The lowest BCUT2D eigenvalue weighted by molar-refractivity contribution is 0.0896. The van der Waals surface area contributed by atoms with Crippen LogP contribution in [0, 0.1) is 0 Å². The topological polar surface area (TPSA) is 18.5 Å². The van der Waals surface area contributed by atoms with Gasteiger partial charge in [0.1, 0.15) is 12.4 Å². The van der Waals surface area contributed by atoms with E-state index < -0.39 is 14.1 Å². The second-order valence-electron chi connectivity index (χ2n) is 6.38. The summed E-state index contributed by atoms with van der Waals surface area (Å²) in [5, 5.41) is 0.160. The summed E-state index contributed by atoms with van der Waals surface area (Å²) in [6, 6.07) is 0. The molecule has 0 saturated carbocycles. The summed E-state index contributed by atoms with van der Waals surface area (Å²) in [5.74, 6) is -0.297. The van der Waals surface area contributed by atoms with Gasteiger partial charge in [-0.1, -0.05) is 34.3 Å². The zero-order chi connectivity index (χ0) is 15.3. The molecule has 0 aliphatic carbocycles. The van der Waals surface area contributed by atoms with Crippen molar-refractivity contribution < 1.29 is 13.6 Å². The first kappa shape index (κ1) is 18.4. The lowest BCUT2D eigenvalue weighted by Gasteiger charge is -2.38. The lowest BCUT2D eigenvalue weighted by atomic mass is 10.2. The van der Waals surface area contributed by atoms with Crippen LogP contribution < -0.4 is 0 Å². The van der Waals surface area contributed by atoms with Gasteiger partial charge in [0.15, 0.2) is 14.1 Å². The minimum atomic E-state index is -1.80. The smallest absolute Gasteiger partial charge is 0.192 e. The summed E-state index contributed by atoms with van der Waals surface area (Å²) >= 11 is 0. The molecule has 2 nitrogen and oxygen atoms in total. The fourth-order valence-electron chi connectivity index (χ4n) is 1.35. The Morgan fingerprint density at radius 3 is 2.26 bits per heavy atom. The van der Waals surface area contributed by atoms with Gasteiger partial charge in [0, 0.05) is 0 Å². The molecule has 0 saturated heterocycles. The van der Waals surface area contributed by atoms with Crippen molar-refractivity contribution in [3.8, 4) is 0 Å². The molecule has 0 aliphatic heterocycles. The molecule has 0 bridgehead atoms. The Labute approximate surface area is 118 Å². The van der Waals surface area contributed by atoms with Gasteiger partial charge in [0.25, 0.3) is 0 Å². The van der Waals surface area contributed by atoms with Gasteiger partial charge in [-0.2, -0.15) is 0 Å². The lowest BCUT2D eigenvalue weighted by Crippen LogP contribution is -2.44. The summed E-state index contributed by atoms with van der Waals surface area (Å²) < 4.78 is 24.7. The molecular formula is C15H29FO2Si. The largest absolute Gasteiger partial charge is 0.488 e. The molecule has 112 valence electrons. The quantitative estimate of drug-likeness (QED) is 0.364. The van der Waals surface area contributed by atoms with Crippen molar-refractivity contribution in [3.63, 3.8) is 0 Å². The van der Waals surface area contributed by atoms with E-state index in [-0.39, 0.29) is 16.9 Å².